The molecule has 0 spiro atoms. The minimum atomic E-state index is -0.0921. The van der Waals surface area contributed by atoms with Gasteiger partial charge in [-0.3, -0.25) is 9.58 Å². The van der Waals surface area contributed by atoms with E-state index in [0.29, 0.717) is 30.7 Å². The molecule has 6 rings (SSSR count). The highest BCUT2D eigenvalue weighted by molar-refractivity contribution is 6.32. The standard InChI is InChI=1S/C32H37ClN8O2/c1-39-22-25(20-36-39)24-7-11-27(12-8-24)41(32(42)35-19-23-5-3-2-4-6-23)28-13-9-26(10-14-28)37-31-34-21-29(33)30(38-31)40-15-17-43-18-16-40/h2-8,11-12,20-22,26,28H,9-10,13-19H2,1H3,(H,35,42)(H,34,37,38). The number of nitrogens with zero attached hydrogens (tertiary/aromatic N) is 6. The van der Waals surface area contributed by atoms with Gasteiger partial charge in [-0.25, -0.2) is 9.78 Å². The number of rotatable bonds is 8. The third-order valence-electron chi connectivity index (χ3n) is 8.12. The molecule has 2 N–H and O–H groups in total. The second-order valence-corrected chi connectivity index (χ2v) is 11.5. The van der Waals surface area contributed by atoms with Gasteiger partial charge < -0.3 is 20.3 Å². The van der Waals surface area contributed by atoms with Gasteiger partial charge in [-0.2, -0.15) is 10.1 Å². The van der Waals surface area contributed by atoms with Crippen molar-refractivity contribution < 1.29 is 9.53 Å². The number of carbonyl (C=O) groups is 1. The topological polar surface area (TPSA) is 100 Å². The number of hydrogen-bond acceptors (Lipinski definition) is 7. The Morgan fingerprint density at radius 2 is 1.74 bits per heavy atom. The van der Waals surface area contributed by atoms with Gasteiger partial charge in [0.25, 0.3) is 0 Å². The molecule has 2 fully saturated rings. The summed E-state index contributed by atoms with van der Waals surface area (Å²) in [6.45, 7) is 3.31. The number of anilines is 3. The molecule has 2 aromatic carbocycles. The maximum atomic E-state index is 13.7. The molecule has 0 atom stereocenters. The average Bonchev–Trinajstić information content (AvgIpc) is 3.49. The van der Waals surface area contributed by atoms with E-state index in [0.717, 1.165) is 67.0 Å². The second-order valence-electron chi connectivity index (χ2n) is 11.1. The van der Waals surface area contributed by atoms with Gasteiger partial charge in [0.2, 0.25) is 5.95 Å². The van der Waals surface area contributed by atoms with Crippen molar-refractivity contribution in [3.05, 3.63) is 83.8 Å². The molecule has 0 bridgehead atoms. The second kappa shape index (κ2) is 13.4. The molecule has 1 saturated carbocycles. The average molecular weight is 601 g/mol. The van der Waals surface area contributed by atoms with E-state index in [1.165, 1.54) is 0 Å². The summed E-state index contributed by atoms with van der Waals surface area (Å²) in [6.07, 6.45) is 8.99. The highest BCUT2D eigenvalue weighted by Gasteiger charge is 2.31. The molecule has 10 nitrogen and oxygen atoms in total. The molecule has 2 aromatic heterocycles. The Hall–Kier alpha value is -4.15. The van der Waals surface area contributed by atoms with Crippen molar-refractivity contribution in [2.75, 3.05) is 41.4 Å². The molecule has 1 aliphatic carbocycles. The fourth-order valence-corrected chi connectivity index (χ4v) is 6.03. The van der Waals surface area contributed by atoms with Gasteiger partial charge in [-0.15, -0.1) is 0 Å². The summed E-state index contributed by atoms with van der Waals surface area (Å²) in [5.41, 5.74) is 4.05. The summed E-state index contributed by atoms with van der Waals surface area (Å²) >= 11 is 6.44. The number of hydrogen-bond donors (Lipinski definition) is 2. The first-order valence-electron chi connectivity index (χ1n) is 14.9. The lowest BCUT2D eigenvalue weighted by atomic mass is 9.90. The number of carbonyl (C=O) groups excluding carboxylic acids is 1. The predicted molar refractivity (Wildman–Crippen MR) is 170 cm³/mol. The van der Waals surface area contributed by atoms with E-state index in [4.69, 9.17) is 21.3 Å². The Morgan fingerprint density at radius 3 is 2.44 bits per heavy atom. The largest absolute Gasteiger partial charge is 0.378 e. The lowest BCUT2D eigenvalue weighted by Crippen LogP contribution is -2.48. The zero-order chi connectivity index (χ0) is 29.6. The molecule has 2 amide bonds. The predicted octanol–water partition coefficient (Wildman–Crippen LogP) is 5.51. The maximum absolute atomic E-state index is 13.7. The number of amides is 2. The molecule has 4 aromatic rings. The first kappa shape index (κ1) is 28.9. The third kappa shape index (κ3) is 7.09. The number of aryl methyl sites for hydroxylation is 1. The van der Waals surface area contributed by atoms with E-state index in [1.54, 1.807) is 10.9 Å². The van der Waals surface area contributed by atoms with Crippen LogP contribution in [-0.4, -0.2) is 64.2 Å². The van der Waals surface area contributed by atoms with Crippen LogP contribution in [0.3, 0.4) is 0 Å². The quantitative estimate of drug-likeness (QED) is 0.275. The molecule has 43 heavy (non-hydrogen) atoms. The van der Waals surface area contributed by atoms with Gasteiger partial charge in [-0.1, -0.05) is 54.1 Å². The fourth-order valence-electron chi connectivity index (χ4n) is 5.82. The van der Waals surface area contributed by atoms with Crippen molar-refractivity contribution in [2.45, 2.75) is 44.3 Å². The minimum absolute atomic E-state index is 0.0631. The lowest BCUT2D eigenvalue weighted by Gasteiger charge is -2.37. The Bertz CT molecular complexity index is 1500. The maximum Gasteiger partial charge on any atom is 0.322 e. The van der Waals surface area contributed by atoms with Gasteiger partial charge >= 0.3 is 6.03 Å². The summed E-state index contributed by atoms with van der Waals surface area (Å²) in [4.78, 5) is 27.0. The SMILES string of the molecule is Cn1cc(-c2ccc(N(C(=O)NCc3ccccc3)C3CCC(Nc4ncc(Cl)c(N5CCOCC5)n4)CC3)cc2)cn1. The van der Waals surface area contributed by atoms with Crippen molar-refractivity contribution in [3.63, 3.8) is 0 Å². The minimum Gasteiger partial charge on any atom is -0.378 e. The summed E-state index contributed by atoms with van der Waals surface area (Å²) in [7, 11) is 1.91. The molecule has 1 aliphatic heterocycles. The van der Waals surface area contributed by atoms with Crippen LogP contribution in [0.4, 0.5) is 22.2 Å². The van der Waals surface area contributed by atoms with Gasteiger partial charge in [0.05, 0.1) is 25.6 Å². The summed E-state index contributed by atoms with van der Waals surface area (Å²) in [6, 6.07) is 18.3. The molecule has 224 valence electrons. The molecular formula is C32H37ClN8O2. The van der Waals surface area contributed by atoms with Crippen LogP contribution in [0.1, 0.15) is 31.2 Å². The molecule has 2 aliphatic rings. The number of ether oxygens (including phenoxy) is 1. The lowest BCUT2D eigenvalue weighted by molar-refractivity contribution is 0.122. The van der Waals surface area contributed by atoms with Crippen molar-refractivity contribution in [1.82, 2.24) is 25.1 Å². The Morgan fingerprint density at radius 1 is 1.00 bits per heavy atom. The number of benzene rings is 2. The van der Waals surface area contributed by atoms with Gasteiger partial charge in [0.1, 0.15) is 5.02 Å². The number of halogens is 1. The van der Waals surface area contributed by atoms with Crippen LogP contribution in [0.25, 0.3) is 11.1 Å². The Labute approximate surface area is 257 Å². The number of urea groups is 1. The zero-order valence-corrected chi connectivity index (χ0v) is 25.1. The molecule has 1 saturated heterocycles. The van der Waals surface area contributed by atoms with E-state index in [2.05, 4.69) is 37.7 Å². The smallest absolute Gasteiger partial charge is 0.322 e. The fraction of sp³-hybridized carbons (Fsp3) is 0.375. The number of morpholine rings is 1. The summed E-state index contributed by atoms with van der Waals surface area (Å²) < 4.78 is 7.27. The van der Waals surface area contributed by atoms with E-state index in [-0.39, 0.29) is 18.1 Å². The van der Waals surface area contributed by atoms with Crippen molar-refractivity contribution in [3.8, 4) is 11.1 Å². The van der Waals surface area contributed by atoms with Crippen LogP contribution in [0, 0.1) is 0 Å². The molecular weight excluding hydrogens is 564 g/mol. The Kier molecular flexibility index (Phi) is 9.04. The monoisotopic (exact) mass is 600 g/mol. The zero-order valence-electron chi connectivity index (χ0n) is 24.3. The van der Waals surface area contributed by atoms with E-state index in [1.807, 2.05) is 66.8 Å². The Balaban J connectivity index is 1.14. The number of nitrogens with one attached hydrogen (secondary N) is 2. The normalized spacial score (nSPS) is 18.7. The first-order chi connectivity index (χ1) is 21.0. The molecule has 0 radical (unpaired) electrons. The van der Waals surface area contributed by atoms with Crippen LogP contribution < -0.4 is 20.4 Å². The third-order valence-corrected chi connectivity index (χ3v) is 8.39. The van der Waals surface area contributed by atoms with E-state index < -0.39 is 0 Å². The van der Waals surface area contributed by atoms with Gasteiger partial charge in [0, 0.05) is 56.2 Å². The highest BCUT2D eigenvalue weighted by Crippen LogP contribution is 2.31. The van der Waals surface area contributed by atoms with E-state index in [9.17, 15) is 4.79 Å². The first-order valence-corrected chi connectivity index (χ1v) is 15.2. The van der Waals surface area contributed by atoms with Crippen molar-refractivity contribution in [2.24, 2.45) is 7.05 Å². The van der Waals surface area contributed by atoms with Crippen LogP contribution >= 0.6 is 11.6 Å². The summed E-state index contributed by atoms with van der Waals surface area (Å²) in [5.74, 6) is 1.32. The summed E-state index contributed by atoms with van der Waals surface area (Å²) in [5, 5.41) is 11.5. The van der Waals surface area contributed by atoms with Gasteiger partial charge in [0.15, 0.2) is 5.82 Å². The van der Waals surface area contributed by atoms with Crippen LogP contribution in [-0.2, 0) is 18.3 Å². The molecule has 3 heterocycles. The molecule has 0 unspecified atom stereocenters. The van der Waals surface area contributed by atoms with E-state index >= 15 is 0 Å². The highest BCUT2D eigenvalue weighted by atomic mass is 35.5. The number of aromatic nitrogens is 4. The van der Waals surface area contributed by atoms with Crippen molar-refractivity contribution >= 4 is 35.1 Å². The van der Waals surface area contributed by atoms with Gasteiger partial charge in [-0.05, 0) is 48.9 Å². The van der Waals surface area contributed by atoms with Crippen LogP contribution in [0.15, 0.2) is 73.2 Å². The molecule has 11 heteroatoms. The van der Waals surface area contributed by atoms with Crippen LogP contribution in [0.5, 0.6) is 0 Å². The van der Waals surface area contributed by atoms with Crippen molar-refractivity contribution in [1.29, 1.82) is 0 Å². The van der Waals surface area contributed by atoms with Crippen LogP contribution in [0.2, 0.25) is 5.02 Å².